The predicted octanol–water partition coefficient (Wildman–Crippen LogP) is 13.1. The molecular formula is C51H32N4. The van der Waals surface area contributed by atoms with Crippen LogP contribution in [0.15, 0.2) is 194 Å². The first kappa shape index (κ1) is 31.1. The zero-order valence-corrected chi connectivity index (χ0v) is 29.8. The highest BCUT2D eigenvalue weighted by Crippen LogP contribution is 2.39. The highest BCUT2D eigenvalue weighted by Gasteiger charge is 2.19. The summed E-state index contributed by atoms with van der Waals surface area (Å²) in [5, 5.41) is 9.47. The maximum absolute atomic E-state index is 5.23. The van der Waals surface area contributed by atoms with Crippen molar-refractivity contribution in [2.24, 2.45) is 0 Å². The Morgan fingerprint density at radius 2 is 0.782 bits per heavy atom. The predicted molar refractivity (Wildman–Crippen MR) is 228 cm³/mol. The van der Waals surface area contributed by atoms with Crippen LogP contribution < -0.4 is 0 Å². The largest absolute Gasteiger partial charge is 0.309 e. The minimum atomic E-state index is 0.624. The molecule has 11 rings (SSSR count). The first-order valence-corrected chi connectivity index (χ1v) is 18.6. The second-order valence-corrected chi connectivity index (χ2v) is 14.1. The van der Waals surface area contributed by atoms with Crippen LogP contribution in [-0.2, 0) is 0 Å². The Hall–Kier alpha value is -7.43. The van der Waals surface area contributed by atoms with Crippen LogP contribution in [0, 0.1) is 0 Å². The Kier molecular flexibility index (Phi) is 7.14. The minimum absolute atomic E-state index is 0.624. The number of hydrogen-bond acceptors (Lipinski definition) is 3. The van der Waals surface area contributed by atoms with Crippen LogP contribution in [0.2, 0.25) is 0 Å². The zero-order chi connectivity index (χ0) is 36.3. The fourth-order valence-corrected chi connectivity index (χ4v) is 8.05. The van der Waals surface area contributed by atoms with Gasteiger partial charge in [0.15, 0.2) is 17.5 Å². The van der Waals surface area contributed by atoms with Gasteiger partial charge < -0.3 is 4.57 Å². The Labute approximate surface area is 317 Å². The van der Waals surface area contributed by atoms with Crippen molar-refractivity contribution in [3.05, 3.63) is 194 Å². The second-order valence-electron chi connectivity index (χ2n) is 14.1. The van der Waals surface area contributed by atoms with Crippen molar-refractivity contribution in [2.75, 3.05) is 0 Å². The summed E-state index contributed by atoms with van der Waals surface area (Å²) in [6.07, 6.45) is 0. The van der Waals surface area contributed by atoms with Gasteiger partial charge in [-0.25, -0.2) is 15.0 Å². The van der Waals surface area contributed by atoms with Crippen LogP contribution >= 0.6 is 0 Å². The van der Waals surface area contributed by atoms with Gasteiger partial charge in [0.1, 0.15) is 0 Å². The van der Waals surface area contributed by atoms with E-state index in [-0.39, 0.29) is 0 Å². The van der Waals surface area contributed by atoms with Crippen molar-refractivity contribution in [2.45, 2.75) is 0 Å². The Morgan fingerprint density at radius 1 is 0.273 bits per heavy atom. The standard InChI is InChI=1S/C51H32N4/c1-2-12-33(13-3-1)35-22-25-36(26-23-35)49-52-50(41-27-24-34-14-4-5-15-37(34)28-41)54-51(53-49)42-29-40-18-8-9-19-43(40)47(32-42)55-46-21-11-10-20-44(46)45-30-38-16-6-7-17-39(38)31-48(45)55/h1-32H. The summed E-state index contributed by atoms with van der Waals surface area (Å²) in [6.45, 7) is 0. The van der Waals surface area contributed by atoms with Crippen molar-refractivity contribution in [1.29, 1.82) is 0 Å². The molecule has 0 radical (unpaired) electrons. The van der Waals surface area contributed by atoms with Crippen LogP contribution in [0.4, 0.5) is 0 Å². The fourth-order valence-electron chi connectivity index (χ4n) is 8.05. The van der Waals surface area contributed by atoms with Crippen molar-refractivity contribution >= 4 is 54.1 Å². The van der Waals surface area contributed by atoms with E-state index in [9.17, 15) is 0 Å². The lowest BCUT2D eigenvalue weighted by molar-refractivity contribution is 1.07. The molecule has 4 heteroatoms. The molecule has 11 aromatic rings. The summed E-state index contributed by atoms with van der Waals surface area (Å²) in [4.78, 5) is 15.6. The third-order valence-electron chi connectivity index (χ3n) is 10.8. The van der Waals surface area contributed by atoms with Crippen LogP contribution in [0.3, 0.4) is 0 Å². The van der Waals surface area contributed by atoms with E-state index >= 15 is 0 Å². The lowest BCUT2D eigenvalue weighted by atomic mass is 10.0. The molecule has 0 amide bonds. The second kappa shape index (κ2) is 12.6. The summed E-state index contributed by atoms with van der Waals surface area (Å²) in [5.41, 5.74) is 8.51. The van der Waals surface area contributed by atoms with Gasteiger partial charge in [0.05, 0.1) is 16.7 Å². The van der Waals surface area contributed by atoms with Gasteiger partial charge in [-0.15, -0.1) is 0 Å². The Bertz CT molecular complexity index is 3250. The molecule has 9 aromatic carbocycles. The number of benzene rings is 9. The number of fused-ring (bicyclic) bond motifs is 6. The molecule has 0 aliphatic rings. The molecule has 4 nitrogen and oxygen atoms in total. The van der Waals surface area contributed by atoms with Crippen LogP contribution in [0.25, 0.3) is 105 Å². The van der Waals surface area contributed by atoms with E-state index < -0.39 is 0 Å². The summed E-state index contributed by atoms with van der Waals surface area (Å²) in [5.74, 6) is 1.89. The third kappa shape index (κ3) is 5.34. The molecule has 2 aromatic heterocycles. The molecule has 0 bridgehead atoms. The molecule has 0 aliphatic carbocycles. The van der Waals surface area contributed by atoms with E-state index in [0.29, 0.717) is 17.5 Å². The van der Waals surface area contributed by atoms with E-state index in [1.54, 1.807) is 0 Å². The highest BCUT2D eigenvalue weighted by atomic mass is 15.0. The smallest absolute Gasteiger partial charge is 0.164 e. The van der Waals surface area contributed by atoms with E-state index in [4.69, 9.17) is 15.0 Å². The summed E-state index contributed by atoms with van der Waals surface area (Å²) >= 11 is 0. The van der Waals surface area contributed by atoms with E-state index in [1.165, 1.54) is 32.5 Å². The molecular weight excluding hydrogens is 669 g/mol. The van der Waals surface area contributed by atoms with Gasteiger partial charge in [0.25, 0.3) is 0 Å². The topological polar surface area (TPSA) is 43.6 Å². The zero-order valence-electron chi connectivity index (χ0n) is 29.8. The van der Waals surface area contributed by atoms with E-state index in [2.05, 4.69) is 193 Å². The molecule has 0 saturated heterocycles. The van der Waals surface area contributed by atoms with Crippen LogP contribution in [-0.4, -0.2) is 19.5 Å². The number of nitrogens with zero attached hydrogens (tertiary/aromatic N) is 4. The first-order chi connectivity index (χ1) is 27.2. The summed E-state index contributed by atoms with van der Waals surface area (Å²) in [7, 11) is 0. The van der Waals surface area contributed by atoms with E-state index in [1.807, 2.05) is 6.07 Å². The van der Waals surface area contributed by atoms with Crippen LogP contribution in [0.5, 0.6) is 0 Å². The summed E-state index contributed by atoms with van der Waals surface area (Å²) in [6, 6.07) is 68.8. The van der Waals surface area contributed by atoms with Gasteiger partial charge in [0, 0.05) is 32.8 Å². The summed E-state index contributed by atoms with van der Waals surface area (Å²) < 4.78 is 2.41. The van der Waals surface area contributed by atoms with Crippen molar-refractivity contribution < 1.29 is 0 Å². The van der Waals surface area contributed by atoms with Gasteiger partial charge in [-0.3, -0.25) is 0 Å². The van der Waals surface area contributed by atoms with Gasteiger partial charge >= 0.3 is 0 Å². The highest BCUT2D eigenvalue weighted by molar-refractivity contribution is 6.14. The quantitative estimate of drug-likeness (QED) is 0.179. The van der Waals surface area contributed by atoms with Gasteiger partial charge in [-0.05, 0) is 74.5 Å². The van der Waals surface area contributed by atoms with Crippen molar-refractivity contribution in [1.82, 2.24) is 19.5 Å². The Morgan fingerprint density at radius 3 is 1.55 bits per heavy atom. The third-order valence-corrected chi connectivity index (χ3v) is 10.8. The molecule has 0 saturated carbocycles. The van der Waals surface area contributed by atoms with Gasteiger partial charge in [-0.2, -0.15) is 0 Å². The lowest BCUT2D eigenvalue weighted by Crippen LogP contribution is -2.02. The molecule has 0 unspecified atom stereocenters. The number of aromatic nitrogens is 4. The molecule has 0 N–H and O–H groups in total. The Balaban J connectivity index is 1.15. The SMILES string of the molecule is c1ccc(-c2ccc(-c3nc(-c4ccc5ccccc5c4)nc(-c4cc(-n5c6ccccc6c6cc7ccccc7cc65)c5ccccc5c4)n3)cc2)cc1. The first-order valence-electron chi connectivity index (χ1n) is 18.6. The maximum atomic E-state index is 5.23. The van der Waals surface area contributed by atoms with Crippen molar-refractivity contribution in [3.63, 3.8) is 0 Å². The number of hydrogen-bond donors (Lipinski definition) is 0. The lowest BCUT2D eigenvalue weighted by Gasteiger charge is -2.15. The van der Waals surface area contributed by atoms with Gasteiger partial charge in [-0.1, -0.05) is 158 Å². The van der Waals surface area contributed by atoms with E-state index in [0.717, 1.165) is 55.1 Å². The molecule has 2 heterocycles. The van der Waals surface area contributed by atoms with Crippen LogP contribution in [0.1, 0.15) is 0 Å². The average molecular weight is 701 g/mol. The monoisotopic (exact) mass is 700 g/mol. The molecule has 256 valence electrons. The normalized spacial score (nSPS) is 11.6. The number of para-hydroxylation sites is 1. The average Bonchev–Trinajstić information content (AvgIpc) is 3.58. The maximum Gasteiger partial charge on any atom is 0.164 e. The molecule has 55 heavy (non-hydrogen) atoms. The number of rotatable bonds is 5. The molecule has 0 fully saturated rings. The molecule has 0 spiro atoms. The fraction of sp³-hybridized carbons (Fsp3) is 0. The van der Waals surface area contributed by atoms with Gasteiger partial charge in [0.2, 0.25) is 0 Å². The molecule has 0 atom stereocenters. The molecule has 0 aliphatic heterocycles. The van der Waals surface area contributed by atoms with Crippen molar-refractivity contribution in [3.8, 4) is 51.0 Å². The minimum Gasteiger partial charge on any atom is -0.309 e.